The molecule has 28 heavy (non-hydrogen) atoms. The summed E-state index contributed by atoms with van der Waals surface area (Å²) in [6.45, 7) is 5.02. The van der Waals surface area contributed by atoms with E-state index in [1.54, 1.807) is 6.20 Å². The molecule has 1 saturated heterocycles. The predicted molar refractivity (Wildman–Crippen MR) is 107 cm³/mol. The van der Waals surface area contributed by atoms with Crippen molar-refractivity contribution in [3.05, 3.63) is 77.6 Å². The van der Waals surface area contributed by atoms with Gasteiger partial charge in [-0.3, -0.25) is 4.90 Å². The molecule has 0 spiro atoms. The lowest BCUT2D eigenvalue weighted by molar-refractivity contribution is -0.0164. The van der Waals surface area contributed by atoms with Gasteiger partial charge >= 0.3 is 0 Å². The van der Waals surface area contributed by atoms with Gasteiger partial charge in [0.2, 0.25) is 0 Å². The second kappa shape index (κ2) is 7.75. The van der Waals surface area contributed by atoms with Crippen LogP contribution in [-0.4, -0.2) is 47.7 Å². The quantitative estimate of drug-likeness (QED) is 0.759. The summed E-state index contributed by atoms with van der Waals surface area (Å²) < 4.78 is 13.0. The van der Waals surface area contributed by atoms with E-state index in [1.807, 2.05) is 16.9 Å². The van der Waals surface area contributed by atoms with Crippen molar-refractivity contribution in [3.8, 4) is 11.4 Å². The highest BCUT2D eigenvalue weighted by Gasteiger charge is 2.25. The van der Waals surface area contributed by atoms with Gasteiger partial charge in [-0.15, -0.1) is 0 Å². The van der Waals surface area contributed by atoms with Crippen LogP contribution in [0.1, 0.15) is 22.7 Å². The summed E-state index contributed by atoms with van der Waals surface area (Å²) >= 11 is 0. The molecule has 2 aliphatic heterocycles. The van der Waals surface area contributed by atoms with Gasteiger partial charge in [-0.05, 0) is 41.5 Å². The molecule has 1 unspecified atom stereocenters. The number of nitrogens with zero attached hydrogens (tertiary/aromatic N) is 3. The lowest BCUT2D eigenvalue weighted by Crippen LogP contribution is -2.45. The molecule has 3 aromatic rings. The Kier molecular flexibility index (Phi) is 4.83. The highest BCUT2D eigenvalue weighted by atomic mass is 16.7. The molecule has 1 atom stereocenters. The second-order valence-corrected chi connectivity index (χ2v) is 7.21. The summed E-state index contributed by atoms with van der Waals surface area (Å²) in [6, 6.07) is 17.4. The molecule has 6 nitrogen and oxygen atoms in total. The molecule has 3 heterocycles. The van der Waals surface area contributed by atoms with Gasteiger partial charge in [0, 0.05) is 44.1 Å². The van der Waals surface area contributed by atoms with Crippen LogP contribution >= 0.6 is 0 Å². The minimum atomic E-state index is 0.209. The Labute approximate surface area is 164 Å². The number of piperazine rings is 1. The average molecular weight is 376 g/mol. The lowest BCUT2D eigenvalue weighted by atomic mass is 9.94. The Balaban J connectivity index is 1.51. The number of rotatable bonds is 4. The molecule has 0 aliphatic carbocycles. The van der Waals surface area contributed by atoms with Crippen LogP contribution in [-0.2, 0) is 11.3 Å². The van der Waals surface area contributed by atoms with Gasteiger partial charge in [-0.25, -0.2) is 4.68 Å². The molecule has 0 saturated carbocycles. The first-order valence-electron chi connectivity index (χ1n) is 9.76. The van der Waals surface area contributed by atoms with Crippen molar-refractivity contribution in [3.63, 3.8) is 0 Å². The summed E-state index contributed by atoms with van der Waals surface area (Å²) in [5.41, 5.74) is 4.76. The van der Waals surface area contributed by atoms with Gasteiger partial charge < -0.3 is 14.8 Å². The Morgan fingerprint density at radius 2 is 1.82 bits per heavy atom. The van der Waals surface area contributed by atoms with Gasteiger partial charge in [0.05, 0.1) is 18.3 Å². The average Bonchev–Trinajstić information content (AvgIpc) is 3.30. The topological polar surface area (TPSA) is 51.6 Å². The number of ether oxygens (including phenoxy) is 2. The SMILES string of the molecule is c1cnn(-c2ccc(C(c3ccc4c(c3)COCO4)N3CCNCC3)cc2)c1. The molecule has 2 aromatic carbocycles. The molecule has 1 aromatic heterocycles. The van der Waals surface area contributed by atoms with Crippen LogP contribution in [0, 0.1) is 0 Å². The first-order chi connectivity index (χ1) is 13.9. The maximum absolute atomic E-state index is 5.61. The number of benzene rings is 2. The third-order valence-electron chi connectivity index (χ3n) is 5.45. The number of fused-ring (bicyclic) bond motifs is 1. The van der Waals surface area contributed by atoms with Gasteiger partial charge in [0.15, 0.2) is 6.79 Å². The fraction of sp³-hybridized carbons (Fsp3) is 0.318. The van der Waals surface area contributed by atoms with Crippen molar-refractivity contribution < 1.29 is 9.47 Å². The Morgan fingerprint density at radius 3 is 2.61 bits per heavy atom. The van der Waals surface area contributed by atoms with Crippen LogP contribution in [0.15, 0.2) is 60.9 Å². The van der Waals surface area contributed by atoms with Crippen LogP contribution < -0.4 is 10.1 Å². The molecule has 2 aliphatic rings. The Hall–Kier alpha value is -2.67. The van der Waals surface area contributed by atoms with E-state index in [0.29, 0.717) is 13.4 Å². The van der Waals surface area contributed by atoms with E-state index in [-0.39, 0.29) is 6.04 Å². The van der Waals surface area contributed by atoms with Gasteiger partial charge in [-0.2, -0.15) is 5.10 Å². The number of nitrogens with one attached hydrogen (secondary N) is 1. The molecule has 1 N–H and O–H groups in total. The molecule has 144 valence electrons. The van der Waals surface area contributed by atoms with Crippen LogP contribution in [0.2, 0.25) is 0 Å². The largest absolute Gasteiger partial charge is 0.467 e. The highest BCUT2D eigenvalue weighted by molar-refractivity contribution is 5.43. The minimum Gasteiger partial charge on any atom is -0.467 e. The molecule has 5 rings (SSSR count). The van der Waals surface area contributed by atoms with Crippen molar-refractivity contribution in [1.29, 1.82) is 0 Å². The molecule has 0 radical (unpaired) electrons. The monoisotopic (exact) mass is 376 g/mol. The van der Waals surface area contributed by atoms with Gasteiger partial charge in [-0.1, -0.05) is 18.2 Å². The van der Waals surface area contributed by atoms with E-state index in [9.17, 15) is 0 Å². The first-order valence-corrected chi connectivity index (χ1v) is 9.76. The fourth-order valence-electron chi connectivity index (χ4n) is 4.07. The standard InChI is InChI=1S/C22H24N4O2/c1-8-24-26(11-1)20-5-2-17(3-6-20)22(25-12-9-23-10-13-25)18-4-7-21-19(14-18)15-27-16-28-21/h1-8,11,14,22-23H,9-10,12-13,15-16H2. The van der Waals surface area contributed by atoms with E-state index < -0.39 is 0 Å². The van der Waals surface area contributed by atoms with E-state index in [1.165, 1.54) is 11.1 Å². The van der Waals surface area contributed by atoms with E-state index in [2.05, 4.69) is 57.8 Å². The molecular weight excluding hydrogens is 352 g/mol. The smallest absolute Gasteiger partial charge is 0.189 e. The summed E-state index contributed by atoms with van der Waals surface area (Å²) in [5, 5.41) is 7.78. The van der Waals surface area contributed by atoms with Crippen LogP contribution in [0.3, 0.4) is 0 Å². The number of hydrogen-bond acceptors (Lipinski definition) is 5. The van der Waals surface area contributed by atoms with Crippen molar-refractivity contribution in [1.82, 2.24) is 20.0 Å². The molecule has 1 fully saturated rings. The minimum absolute atomic E-state index is 0.209. The van der Waals surface area contributed by atoms with Crippen molar-refractivity contribution >= 4 is 0 Å². The zero-order valence-corrected chi connectivity index (χ0v) is 15.8. The second-order valence-electron chi connectivity index (χ2n) is 7.21. The van der Waals surface area contributed by atoms with E-state index >= 15 is 0 Å². The van der Waals surface area contributed by atoms with Gasteiger partial charge in [0.25, 0.3) is 0 Å². The predicted octanol–water partition coefficient (Wildman–Crippen LogP) is 2.73. The summed E-state index contributed by atoms with van der Waals surface area (Å²) in [6.07, 6.45) is 3.76. The lowest BCUT2D eigenvalue weighted by Gasteiger charge is -2.36. The zero-order chi connectivity index (χ0) is 18.8. The normalized spacial score (nSPS) is 18.3. The van der Waals surface area contributed by atoms with E-state index in [4.69, 9.17) is 9.47 Å². The van der Waals surface area contributed by atoms with Crippen LogP contribution in [0.4, 0.5) is 0 Å². The van der Waals surface area contributed by atoms with Gasteiger partial charge in [0.1, 0.15) is 5.75 Å². The molecule has 0 amide bonds. The summed E-state index contributed by atoms with van der Waals surface area (Å²) in [5.74, 6) is 0.933. The van der Waals surface area contributed by atoms with Crippen molar-refractivity contribution in [2.24, 2.45) is 0 Å². The third kappa shape index (κ3) is 3.42. The maximum atomic E-state index is 5.61. The van der Waals surface area contributed by atoms with E-state index in [0.717, 1.165) is 43.2 Å². The highest BCUT2D eigenvalue weighted by Crippen LogP contribution is 2.33. The van der Waals surface area contributed by atoms with Crippen molar-refractivity contribution in [2.45, 2.75) is 12.6 Å². The Bertz CT molecular complexity index is 918. The number of aromatic nitrogens is 2. The number of hydrogen-bond donors (Lipinski definition) is 1. The third-order valence-corrected chi connectivity index (χ3v) is 5.45. The Morgan fingerprint density at radius 1 is 1.00 bits per heavy atom. The van der Waals surface area contributed by atoms with Crippen LogP contribution in [0.5, 0.6) is 5.75 Å². The molecule has 0 bridgehead atoms. The molecule has 6 heteroatoms. The first kappa shape index (κ1) is 17.4. The van der Waals surface area contributed by atoms with Crippen LogP contribution in [0.25, 0.3) is 5.69 Å². The summed E-state index contributed by atoms with van der Waals surface area (Å²) in [4.78, 5) is 2.55. The van der Waals surface area contributed by atoms with Crippen molar-refractivity contribution in [2.75, 3.05) is 33.0 Å². The maximum Gasteiger partial charge on any atom is 0.189 e. The molecular formula is C22H24N4O2. The fourth-order valence-corrected chi connectivity index (χ4v) is 4.07. The summed E-state index contributed by atoms with van der Waals surface area (Å²) in [7, 11) is 0. The zero-order valence-electron chi connectivity index (χ0n) is 15.8.